The summed E-state index contributed by atoms with van der Waals surface area (Å²) in [5, 5.41) is 9.15. The molecular formula is C23H21N3O3S. The van der Waals surface area contributed by atoms with E-state index in [9.17, 15) is 4.79 Å². The molecule has 7 heteroatoms. The Morgan fingerprint density at radius 2 is 1.90 bits per heavy atom. The van der Waals surface area contributed by atoms with E-state index in [0.717, 1.165) is 21.8 Å². The molecule has 1 atom stereocenters. The molecule has 0 spiro atoms. The summed E-state index contributed by atoms with van der Waals surface area (Å²) in [5.41, 5.74) is 1.88. The Kier molecular flexibility index (Phi) is 6.20. The molecule has 2 aromatic heterocycles. The largest absolute Gasteiger partial charge is 0.497 e. The van der Waals surface area contributed by atoms with Crippen LogP contribution in [0.1, 0.15) is 28.8 Å². The summed E-state index contributed by atoms with van der Waals surface area (Å²) in [5.74, 6) is 1.62. The van der Waals surface area contributed by atoms with E-state index in [1.165, 1.54) is 0 Å². The molecular weight excluding hydrogens is 398 g/mol. The van der Waals surface area contributed by atoms with Crippen molar-refractivity contribution in [1.82, 2.24) is 15.5 Å². The van der Waals surface area contributed by atoms with E-state index in [0.29, 0.717) is 18.1 Å². The second-order valence-corrected chi connectivity index (χ2v) is 7.65. The van der Waals surface area contributed by atoms with Gasteiger partial charge >= 0.3 is 0 Å². The van der Waals surface area contributed by atoms with E-state index in [2.05, 4.69) is 15.5 Å². The Bertz CT molecular complexity index is 1080. The molecule has 4 aromatic rings. The number of methoxy groups -OCH3 is 1. The van der Waals surface area contributed by atoms with Crippen LogP contribution in [0.4, 0.5) is 0 Å². The van der Waals surface area contributed by atoms with Crippen molar-refractivity contribution in [3.63, 3.8) is 0 Å². The van der Waals surface area contributed by atoms with Crippen LogP contribution in [-0.4, -0.2) is 23.2 Å². The molecule has 6 nitrogen and oxygen atoms in total. The predicted octanol–water partition coefficient (Wildman–Crippen LogP) is 4.65. The molecule has 0 aliphatic rings. The van der Waals surface area contributed by atoms with E-state index in [1.54, 1.807) is 18.4 Å². The van der Waals surface area contributed by atoms with Crippen molar-refractivity contribution in [3.05, 3.63) is 88.4 Å². The summed E-state index contributed by atoms with van der Waals surface area (Å²) in [6.07, 6.45) is 0.639. The molecule has 0 bridgehead atoms. The fourth-order valence-corrected chi connectivity index (χ4v) is 3.89. The van der Waals surface area contributed by atoms with E-state index in [-0.39, 0.29) is 18.4 Å². The number of aryl methyl sites for hydroxylation is 1. The van der Waals surface area contributed by atoms with Crippen molar-refractivity contribution >= 4 is 17.2 Å². The molecule has 0 aliphatic carbocycles. The molecule has 0 saturated heterocycles. The zero-order valence-electron chi connectivity index (χ0n) is 16.4. The molecule has 4 rings (SSSR count). The first-order chi connectivity index (χ1) is 14.7. The number of nitrogens with one attached hydrogen (secondary N) is 1. The van der Waals surface area contributed by atoms with Crippen LogP contribution in [0.2, 0.25) is 0 Å². The van der Waals surface area contributed by atoms with Gasteiger partial charge in [0.2, 0.25) is 17.6 Å². The van der Waals surface area contributed by atoms with Crippen molar-refractivity contribution in [2.45, 2.75) is 18.9 Å². The van der Waals surface area contributed by atoms with Gasteiger partial charge in [0.1, 0.15) is 5.75 Å². The first-order valence-electron chi connectivity index (χ1n) is 9.57. The smallest absolute Gasteiger partial charge is 0.227 e. The van der Waals surface area contributed by atoms with Crippen LogP contribution >= 0.6 is 11.3 Å². The van der Waals surface area contributed by atoms with Gasteiger partial charge in [0.25, 0.3) is 0 Å². The fourth-order valence-electron chi connectivity index (χ4n) is 3.09. The van der Waals surface area contributed by atoms with Crippen LogP contribution in [0.5, 0.6) is 5.75 Å². The highest BCUT2D eigenvalue weighted by Gasteiger charge is 2.18. The minimum absolute atomic E-state index is 0.0681. The monoisotopic (exact) mass is 419 g/mol. The number of carbonyl (C=O) groups excluding carboxylic acids is 1. The van der Waals surface area contributed by atoms with Crippen molar-refractivity contribution < 1.29 is 14.1 Å². The third-order valence-electron chi connectivity index (χ3n) is 4.65. The number of amides is 1. The molecule has 30 heavy (non-hydrogen) atoms. The first-order valence-corrected chi connectivity index (χ1v) is 10.5. The second kappa shape index (κ2) is 9.37. The van der Waals surface area contributed by atoms with Gasteiger partial charge in [-0.2, -0.15) is 4.98 Å². The van der Waals surface area contributed by atoms with Crippen LogP contribution in [0.15, 0.2) is 76.6 Å². The molecule has 1 unspecified atom stereocenters. The average molecular weight is 420 g/mol. The average Bonchev–Trinajstić information content (AvgIpc) is 3.49. The van der Waals surface area contributed by atoms with Gasteiger partial charge in [-0.1, -0.05) is 41.6 Å². The van der Waals surface area contributed by atoms with Gasteiger partial charge in [0, 0.05) is 23.3 Å². The second-order valence-electron chi connectivity index (χ2n) is 6.67. The molecule has 0 saturated carbocycles. The molecule has 0 aliphatic heterocycles. The highest BCUT2D eigenvalue weighted by atomic mass is 32.1. The lowest BCUT2D eigenvalue weighted by atomic mass is 10.1. The molecule has 1 N–H and O–H groups in total. The van der Waals surface area contributed by atoms with Crippen molar-refractivity contribution in [1.29, 1.82) is 0 Å². The Balaban J connectivity index is 1.39. The number of carbonyl (C=O) groups is 1. The normalized spacial score (nSPS) is 11.8. The van der Waals surface area contributed by atoms with Gasteiger partial charge in [-0.05, 0) is 41.3 Å². The van der Waals surface area contributed by atoms with Crippen molar-refractivity contribution in [2.24, 2.45) is 0 Å². The van der Waals surface area contributed by atoms with E-state index < -0.39 is 0 Å². The third kappa shape index (κ3) is 4.75. The van der Waals surface area contributed by atoms with Crippen molar-refractivity contribution in [3.8, 4) is 17.1 Å². The van der Waals surface area contributed by atoms with E-state index in [1.807, 2.05) is 72.1 Å². The van der Waals surface area contributed by atoms with Crippen LogP contribution < -0.4 is 10.1 Å². The summed E-state index contributed by atoms with van der Waals surface area (Å²) in [6.45, 7) is 0. The minimum atomic E-state index is -0.170. The van der Waals surface area contributed by atoms with E-state index in [4.69, 9.17) is 9.26 Å². The van der Waals surface area contributed by atoms with Crippen LogP contribution in [0.25, 0.3) is 11.4 Å². The number of benzene rings is 2. The fraction of sp³-hybridized carbons (Fsp3) is 0.174. The summed E-state index contributed by atoms with van der Waals surface area (Å²) < 4.78 is 10.5. The highest BCUT2D eigenvalue weighted by molar-refractivity contribution is 7.10. The molecule has 0 fully saturated rings. The zero-order chi connectivity index (χ0) is 20.8. The van der Waals surface area contributed by atoms with Gasteiger partial charge in [-0.15, -0.1) is 11.3 Å². The maximum atomic E-state index is 12.6. The van der Waals surface area contributed by atoms with Crippen LogP contribution in [0.3, 0.4) is 0 Å². The minimum Gasteiger partial charge on any atom is -0.497 e. The van der Waals surface area contributed by atoms with Gasteiger partial charge in [-0.25, -0.2) is 0 Å². The number of hydrogen-bond donors (Lipinski definition) is 1. The van der Waals surface area contributed by atoms with Crippen LogP contribution in [0, 0.1) is 0 Å². The number of ether oxygens (including phenoxy) is 1. The summed E-state index contributed by atoms with van der Waals surface area (Å²) in [4.78, 5) is 18.1. The van der Waals surface area contributed by atoms with E-state index >= 15 is 0 Å². The topological polar surface area (TPSA) is 77.2 Å². The Labute approximate surface area is 178 Å². The lowest BCUT2D eigenvalue weighted by Gasteiger charge is -2.18. The third-order valence-corrected chi connectivity index (χ3v) is 5.59. The van der Waals surface area contributed by atoms with Gasteiger partial charge in [0.15, 0.2) is 0 Å². The van der Waals surface area contributed by atoms with Gasteiger partial charge < -0.3 is 14.6 Å². The number of rotatable bonds is 8. The number of aromatic nitrogens is 2. The Hall–Kier alpha value is -3.45. The Morgan fingerprint density at radius 1 is 1.10 bits per heavy atom. The molecule has 152 valence electrons. The maximum absolute atomic E-state index is 12.6. The lowest BCUT2D eigenvalue weighted by Crippen LogP contribution is -2.29. The summed E-state index contributed by atoms with van der Waals surface area (Å²) in [6, 6.07) is 21.2. The quantitative estimate of drug-likeness (QED) is 0.450. The lowest BCUT2D eigenvalue weighted by molar-refractivity contribution is -0.121. The number of hydrogen-bond acceptors (Lipinski definition) is 6. The predicted molar refractivity (Wildman–Crippen MR) is 115 cm³/mol. The summed E-state index contributed by atoms with van der Waals surface area (Å²) in [7, 11) is 1.62. The molecule has 2 aromatic carbocycles. The molecule has 0 radical (unpaired) electrons. The highest BCUT2D eigenvalue weighted by Crippen LogP contribution is 2.26. The van der Waals surface area contributed by atoms with Gasteiger partial charge in [-0.3, -0.25) is 4.79 Å². The number of thiophene rings is 1. The zero-order valence-corrected chi connectivity index (χ0v) is 17.3. The SMILES string of the molecule is COc1ccc(-c2noc(CCC(=O)NC(c3ccccc3)c3cccs3)n2)cc1. The Morgan fingerprint density at radius 3 is 2.60 bits per heavy atom. The molecule has 2 heterocycles. The first kappa shape index (κ1) is 19.8. The number of nitrogens with zero attached hydrogens (tertiary/aromatic N) is 2. The maximum Gasteiger partial charge on any atom is 0.227 e. The standard InChI is InChI=1S/C23H21N3O3S/c1-28-18-11-9-17(10-12-18)23-25-21(29-26-23)14-13-20(27)24-22(19-8-5-15-30-19)16-6-3-2-4-7-16/h2-12,15,22H,13-14H2,1H3,(H,24,27). The molecule has 1 amide bonds. The van der Waals surface area contributed by atoms with Gasteiger partial charge in [0.05, 0.1) is 13.2 Å². The van der Waals surface area contributed by atoms with Crippen molar-refractivity contribution in [2.75, 3.05) is 7.11 Å². The summed E-state index contributed by atoms with van der Waals surface area (Å²) >= 11 is 1.62. The van der Waals surface area contributed by atoms with Crippen LogP contribution in [-0.2, 0) is 11.2 Å².